The summed E-state index contributed by atoms with van der Waals surface area (Å²) in [4.78, 5) is 26.4. The lowest BCUT2D eigenvalue weighted by Gasteiger charge is -2.38. The Balaban J connectivity index is 1.76. The number of piperidine rings is 1. The van der Waals surface area contributed by atoms with Crippen molar-refractivity contribution in [1.29, 1.82) is 0 Å². The van der Waals surface area contributed by atoms with Crippen molar-refractivity contribution < 1.29 is 27.9 Å². The van der Waals surface area contributed by atoms with Crippen molar-refractivity contribution in [2.45, 2.75) is 31.2 Å². The number of aliphatic hydroxyl groups is 1. The molecule has 2 fully saturated rings. The quantitative estimate of drug-likeness (QED) is 0.713. The first-order chi connectivity index (χ1) is 13.2. The van der Waals surface area contributed by atoms with Crippen LogP contribution in [0.15, 0.2) is 24.3 Å². The Labute approximate surface area is 161 Å². The third kappa shape index (κ3) is 4.30. The third-order valence-electron chi connectivity index (χ3n) is 5.62. The van der Waals surface area contributed by atoms with Crippen molar-refractivity contribution >= 4 is 11.8 Å². The molecule has 6 nitrogen and oxygen atoms in total. The molecule has 2 saturated heterocycles. The Bertz CT molecular complexity index is 723. The summed E-state index contributed by atoms with van der Waals surface area (Å²) >= 11 is 0. The van der Waals surface area contributed by atoms with Gasteiger partial charge in [0.2, 0.25) is 11.8 Å². The summed E-state index contributed by atoms with van der Waals surface area (Å²) in [7, 11) is 1.56. The van der Waals surface area contributed by atoms with Gasteiger partial charge in [0.05, 0.1) is 23.6 Å². The zero-order chi connectivity index (χ0) is 20.5. The zero-order valence-corrected chi connectivity index (χ0v) is 15.5. The predicted octanol–water partition coefficient (Wildman–Crippen LogP) is 1.31. The highest BCUT2D eigenvalue weighted by Crippen LogP contribution is 2.37. The number of carbonyl (C=O) groups excluding carboxylic acids is 2. The lowest BCUT2D eigenvalue weighted by Crippen LogP contribution is -2.47. The highest BCUT2D eigenvalue weighted by Gasteiger charge is 2.40. The van der Waals surface area contributed by atoms with Crippen LogP contribution in [0.2, 0.25) is 0 Å². The summed E-state index contributed by atoms with van der Waals surface area (Å²) in [5.41, 5.74) is -0.281. The van der Waals surface area contributed by atoms with Gasteiger partial charge < -0.3 is 20.6 Å². The number of halogens is 3. The second-order valence-corrected chi connectivity index (χ2v) is 7.45. The number of benzene rings is 1. The molecule has 0 bridgehead atoms. The van der Waals surface area contributed by atoms with E-state index < -0.39 is 29.8 Å². The van der Waals surface area contributed by atoms with Crippen LogP contribution in [0.25, 0.3) is 0 Å². The summed E-state index contributed by atoms with van der Waals surface area (Å²) in [6.45, 7) is 1.39. The molecule has 154 valence electrons. The molecule has 28 heavy (non-hydrogen) atoms. The van der Waals surface area contributed by atoms with Gasteiger partial charge in [-0.3, -0.25) is 9.59 Å². The maximum atomic E-state index is 12.8. The van der Waals surface area contributed by atoms with Crippen LogP contribution in [0.1, 0.15) is 30.0 Å². The summed E-state index contributed by atoms with van der Waals surface area (Å²) in [6.07, 6.45) is -4.44. The first-order valence-electron chi connectivity index (χ1n) is 9.28. The summed E-state index contributed by atoms with van der Waals surface area (Å²) in [5.74, 6) is -1.06. The molecule has 2 amide bonds. The minimum atomic E-state index is -4.44. The molecule has 0 saturated carbocycles. The second-order valence-electron chi connectivity index (χ2n) is 7.45. The van der Waals surface area contributed by atoms with E-state index in [2.05, 4.69) is 10.6 Å². The number of nitrogens with zero attached hydrogens (tertiary/aromatic N) is 1. The summed E-state index contributed by atoms with van der Waals surface area (Å²) in [5, 5.41) is 15.7. The standard InChI is InChI=1S/C19H24F3N3O3/c1-25-16(27)7-6-14(18(28)24-9-12-8-23-10-15(12)26)17(25)11-2-4-13(5-3-11)19(20,21)22/h2-5,12,14-15,17,23,26H,6-10H2,1H3,(H,24,28). The molecule has 2 aliphatic heterocycles. The van der Waals surface area contributed by atoms with Gasteiger partial charge in [-0.15, -0.1) is 0 Å². The molecule has 1 aromatic rings. The largest absolute Gasteiger partial charge is 0.416 e. The van der Waals surface area contributed by atoms with Crippen molar-refractivity contribution in [3.63, 3.8) is 0 Å². The van der Waals surface area contributed by atoms with Gasteiger partial charge in [-0.25, -0.2) is 0 Å². The van der Waals surface area contributed by atoms with E-state index in [1.807, 2.05) is 0 Å². The lowest BCUT2D eigenvalue weighted by molar-refractivity contribution is -0.142. The number of nitrogens with one attached hydrogen (secondary N) is 2. The number of likely N-dealkylation sites (tertiary alicyclic amines) is 1. The van der Waals surface area contributed by atoms with Crippen LogP contribution >= 0.6 is 0 Å². The number of amides is 2. The number of aliphatic hydroxyl groups excluding tert-OH is 1. The fourth-order valence-corrected chi connectivity index (χ4v) is 3.93. The minimum absolute atomic E-state index is 0.0866. The van der Waals surface area contributed by atoms with Crippen LogP contribution < -0.4 is 10.6 Å². The van der Waals surface area contributed by atoms with E-state index in [1.165, 1.54) is 17.0 Å². The molecule has 0 aliphatic carbocycles. The first kappa shape index (κ1) is 20.6. The van der Waals surface area contributed by atoms with Crippen LogP contribution in [-0.2, 0) is 15.8 Å². The second kappa shape index (κ2) is 8.08. The molecular formula is C19H24F3N3O3. The molecule has 0 radical (unpaired) electrons. The molecule has 4 unspecified atom stereocenters. The van der Waals surface area contributed by atoms with E-state index in [0.717, 1.165) is 12.1 Å². The maximum absolute atomic E-state index is 12.8. The molecule has 2 heterocycles. The molecule has 0 spiro atoms. The van der Waals surface area contributed by atoms with Gasteiger partial charge in [0.15, 0.2) is 0 Å². The Morgan fingerprint density at radius 1 is 1.29 bits per heavy atom. The molecule has 2 aliphatic rings. The van der Waals surface area contributed by atoms with Gasteiger partial charge in [-0.2, -0.15) is 13.2 Å². The van der Waals surface area contributed by atoms with Crippen LogP contribution in [-0.4, -0.2) is 54.6 Å². The van der Waals surface area contributed by atoms with E-state index in [0.29, 0.717) is 31.6 Å². The topological polar surface area (TPSA) is 81.7 Å². The molecule has 9 heteroatoms. The SMILES string of the molecule is CN1C(=O)CCC(C(=O)NCC2CNCC2O)C1c1ccc(C(F)(F)F)cc1. The number of hydrogen-bond donors (Lipinski definition) is 3. The van der Waals surface area contributed by atoms with Crippen molar-refractivity contribution in [3.8, 4) is 0 Å². The van der Waals surface area contributed by atoms with Crippen LogP contribution in [0.4, 0.5) is 13.2 Å². The van der Waals surface area contributed by atoms with Crippen molar-refractivity contribution in [1.82, 2.24) is 15.5 Å². The summed E-state index contributed by atoms with van der Waals surface area (Å²) < 4.78 is 38.5. The Morgan fingerprint density at radius 3 is 2.54 bits per heavy atom. The highest BCUT2D eigenvalue weighted by atomic mass is 19.4. The summed E-state index contributed by atoms with van der Waals surface area (Å²) in [6, 6.07) is 3.96. The fourth-order valence-electron chi connectivity index (χ4n) is 3.93. The van der Waals surface area contributed by atoms with E-state index in [9.17, 15) is 27.9 Å². The van der Waals surface area contributed by atoms with Gasteiger partial charge in [-0.05, 0) is 24.1 Å². The average molecular weight is 399 g/mol. The number of alkyl halides is 3. The van der Waals surface area contributed by atoms with Gasteiger partial charge >= 0.3 is 6.18 Å². The van der Waals surface area contributed by atoms with Crippen molar-refractivity contribution in [2.75, 3.05) is 26.7 Å². The molecule has 0 aromatic heterocycles. The Morgan fingerprint density at radius 2 is 1.96 bits per heavy atom. The van der Waals surface area contributed by atoms with E-state index in [-0.39, 0.29) is 24.2 Å². The number of β-amino-alcohol motifs (C(OH)–C–C–N with tert-alkyl or cyclic N) is 1. The number of carbonyl (C=O) groups is 2. The monoisotopic (exact) mass is 399 g/mol. The van der Waals surface area contributed by atoms with Crippen LogP contribution in [0.3, 0.4) is 0 Å². The molecule has 3 N–H and O–H groups in total. The Kier molecular flexibility index (Phi) is 5.95. The Hall–Kier alpha value is -2.13. The number of hydrogen-bond acceptors (Lipinski definition) is 4. The third-order valence-corrected chi connectivity index (χ3v) is 5.62. The number of rotatable bonds is 4. The van der Waals surface area contributed by atoms with Crippen LogP contribution in [0.5, 0.6) is 0 Å². The molecular weight excluding hydrogens is 375 g/mol. The molecule has 4 atom stereocenters. The van der Waals surface area contributed by atoms with Gasteiger partial charge in [0, 0.05) is 39.0 Å². The van der Waals surface area contributed by atoms with Gasteiger partial charge in [0.1, 0.15) is 0 Å². The smallest absolute Gasteiger partial charge is 0.391 e. The molecule has 1 aromatic carbocycles. The zero-order valence-electron chi connectivity index (χ0n) is 15.5. The normalized spacial score (nSPS) is 28.5. The minimum Gasteiger partial charge on any atom is -0.391 e. The van der Waals surface area contributed by atoms with Crippen molar-refractivity contribution in [2.24, 2.45) is 11.8 Å². The van der Waals surface area contributed by atoms with E-state index in [1.54, 1.807) is 7.05 Å². The lowest BCUT2D eigenvalue weighted by atomic mass is 9.83. The van der Waals surface area contributed by atoms with Crippen LogP contribution in [0, 0.1) is 11.8 Å². The first-order valence-corrected chi connectivity index (χ1v) is 9.28. The average Bonchev–Trinajstić information content (AvgIpc) is 3.06. The van der Waals surface area contributed by atoms with Gasteiger partial charge in [-0.1, -0.05) is 12.1 Å². The molecule has 3 rings (SSSR count). The fraction of sp³-hybridized carbons (Fsp3) is 0.579. The maximum Gasteiger partial charge on any atom is 0.416 e. The highest BCUT2D eigenvalue weighted by molar-refractivity contribution is 5.84. The van der Waals surface area contributed by atoms with E-state index >= 15 is 0 Å². The van der Waals surface area contributed by atoms with Crippen molar-refractivity contribution in [3.05, 3.63) is 35.4 Å². The van der Waals surface area contributed by atoms with Gasteiger partial charge in [0.25, 0.3) is 0 Å². The predicted molar refractivity (Wildman–Crippen MR) is 95.1 cm³/mol. The van der Waals surface area contributed by atoms with E-state index in [4.69, 9.17) is 0 Å².